The van der Waals surface area contributed by atoms with Gasteiger partial charge in [-0.1, -0.05) is 0 Å². The lowest BCUT2D eigenvalue weighted by Crippen LogP contribution is -2.28. The SMILES string of the molecule is COC1C[C@H](C)O[C@@H]1CO[P+](=O)OC1C[C@H](C)O[C@@H]1CO. The fourth-order valence-electron chi connectivity index (χ4n) is 2.78. The molecule has 122 valence electrons. The third-order valence-corrected chi connectivity index (χ3v) is 4.62. The van der Waals surface area contributed by atoms with Crippen molar-refractivity contribution in [3.63, 3.8) is 0 Å². The minimum atomic E-state index is -2.27. The molecule has 21 heavy (non-hydrogen) atoms. The molecule has 2 rings (SSSR count). The highest BCUT2D eigenvalue weighted by Gasteiger charge is 2.42. The van der Waals surface area contributed by atoms with E-state index in [0.717, 1.165) is 6.42 Å². The van der Waals surface area contributed by atoms with Crippen LogP contribution in [0.4, 0.5) is 0 Å². The molecular formula is C13H24O7P+. The van der Waals surface area contributed by atoms with Crippen LogP contribution in [0.1, 0.15) is 26.7 Å². The number of aliphatic hydroxyl groups excluding tert-OH is 1. The van der Waals surface area contributed by atoms with Gasteiger partial charge in [0.15, 0.2) is 0 Å². The van der Waals surface area contributed by atoms with Gasteiger partial charge in [-0.05, 0) is 13.8 Å². The predicted octanol–water partition coefficient (Wildman–Crippen LogP) is 1.41. The summed E-state index contributed by atoms with van der Waals surface area (Å²) in [6, 6.07) is 0. The Morgan fingerprint density at radius 1 is 1.14 bits per heavy atom. The van der Waals surface area contributed by atoms with Gasteiger partial charge < -0.3 is 19.3 Å². The largest absolute Gasteiger partial charge is 0.697 e. The summed E-state index contributed by atoms with van der Waals surface area (Å²) >= 11 is 0. The summed E-state index contributed by atoms with van der Waals surface area (Å²) < 4.78 is 38.9. The monoisotopic (exact) mass is 323 g/mol. The molecule has 7 nitrogen and oxygen atoms in total. The van der Waals surface area contributed by atoms with Crippen LogP contribution in [0.25, 0.3) is 0 Å². The van der Waals surface area contributed by atoms with E-state index in [-0.39, 0.29) is 37.6 Å². The molecule has 0 bridgehead atoms. The van der Waals surface area contributed by atoms with Gasteiger partial charge in [-0.25, -0.2) is 0 Å². The Morgan fingerprint density at radius 2 is 1.76 bits per heavy atom. The van der Waals surface area contributed by atoms with E-state index < -0.39 is 20.5 Å². The van der Waals surface area contributed by atoms with Gasteiger partial charge in [-0.3, -0.25) is 0 Å². The zero-order valence-corrected chi connectivity index (χ0v) is 13.5. The number of hydrogen-bond acceptors (Lipinski definition) is 7. The minimum Gasteiger partial charge on any atom is -0.394 e. The number of rotatable bonds is 7. The molecule has 2 saturated heterocycles. The Balaban J connectivity index is 1.75. The van der Waals surface area contributed by atoms with Crippen molar-refractivity contribution in [1.82, 2.24) is 0 Å². The standard InChI is InChI=1S/C13H24O7P/c1-8-4-10(16-3)13(19-8)7-17-21(15)20-11-5-9(2)18-12(11)6-14/h8-14H,4-7H2,1-3H3/q+1/t8-,9-,10?,11?,12+,13+/m0/s1. The highest BCUT2D eigenvalue weighted by atomic mass is 31.1. The van der Waals surface area contributed by atoms with Crippen molar-refractivity contribution < 1.29 is 32.9 Å². The summed E-state index contributed by atoms with van der Waals surface area (Å²) in [5.74, 6) is 0. The Morgan fingerprint density at radius 3 is 2.38 bits per heavy atom. The lowest BCUT2D eigenvalue weighted by atomic mass is 10.1. The van der Waals surface area contributed by atoms with Gasteiger partial charge >= 0.3 is 8.25 Å². The minimum absolute atomic E-state index is 0.0209. The molecule has 0 amide bonds. The average Bonchev–Trinajstić information content (AvgIpc) is 2.98. The normalized spacial score (nSPS) is 40.7. The second-order valence-electron chi connectivity index (χ2n) is 5.56. The van der Waals surface area contributed by atoms with Crippen LogP contribution in [0.3, 0.4) is 0 Å². The second-order valence-corrected chi connectivity index (χ2v) is 6.48. The van der Waals surface area contributed by atoms with Crippen LogP contribution in [0, 0.1) is 0 Å². The van der Waals surface area contributed by atoms with Crippen LogP contribution >= 0.6 is 8.25 Å². The maximum absolute atomic E-state index is 11.9. The summed E-state index contributed by atoms with van der Waals surface area (Å²) in [6.07, 6.45) is 0.323. The Hall–Kier alpha value is -0.140. The predicted molar refractivity (Wildman–Crippen MR) is 74.2 cm³/mol. The lowest BCUT2D eigenvalue weighted by Gasteiger charge is -2.14. The summed E-state index contributed by atoms with van der Waals surface area (Å²) in [5.41, 5.74) is 0. The molecule has 0 spiro atoms. The summed E-state index contributed by atoms with van der Waals surface area (Å²) in [4.78, 5) is 0. The quantitative estimate of drug-likeness (QED) is 0.709. The van der Waals surface area contributed by atoms with E-state index in [4.69, 9.17) is 23.3 Å². The smallest absolute Gasteiger partial charge is 0.394 e. The molecule has 2 fully saturated rings. The van der Waals surface area contributed by atoms with E-state index in [1.54, 1.807) is 7.11 Å². The fraction of sp³-hybridized carbons (Fsp3) is 1.00. The molecule has 2 aliphatic heterocycles. The van der Waals surface area contributed by atoms with Crippen LogP contribution in [0.2, 0.25) is 0 Å². The molecule has 7 atom stereocenters. The third-order valence-electron chi connectivity index (χ3n) is 3.82. The molecule has 0 aliphatic carbocycles. The molecule has 1 N–H and O–H groups in total. The topological polar surface area (TPSA) is 83.5 Å². The highest BCUT2D eigenvalue weighted by molar-refractivity contribution is 7.33. The maximum atomic E-state index is 11.9. The van der Waals surface area contributed by atoms with Gasteiger partial charge in [0, 0.05) is 24.5 Å². The van der Waals surface area contributed by atoms with Gasteiger partial charge in [0.05, 0.1) is 24.9 Å². The molecular weight excluding hydrogens is 299 g/mol. The molecule has 0 aromatic carbocycles. The Labute approximate surface area is 125 Å². The average molecular weight is 323 g/mol. The number of hydrogen-bond donors (Lipinski definition) is 1. The first-order chi connectivity index (χ1) is 10.0. The van der Waals surface area contributed by atoms with Crippen molar-refractivity contribution in [2.75, 3.05) is 20.3 Å². The van der Waals surface area contributed by atoms with E-state index in [0.29, 0.717) is 6.42 Å². The fourth-order valence-corrected chi connectivity index (χ4v) is 3.55. The molecule has 3 unspecified atom stereocenters. The van der Waals surface area contributed by atoms with Gasteiger partial charge in [-0.2, -0.15) is 0 Å². The van der Waals surface area contributed by atoms with Crippen LogP contribution in [0.15, 0.2) is 0 Å². The van der Waals surface area contributed by atoms with Crippen LogP contribution in [-0.4, -0.2) is 62.1 Å². The van der Waals surface area contributed by atoms with E-state index in [9.17, 15) is 9.67 Å². The van der Waals surface area contributed by atoms with E-state index in [2.05, 4.69) is 0 Å². The highest BCUT2D eigenvalue weighted by Crippen LogP contribution is 2.35. The zero-order chi connectivity index (χ0) is 15.4. The van der Waals surface area contributed by atoms with Gasteiger partial charge in [0.25, 0.3) is 0 Å². The first-order valence-electron chi connectivity index (χ1n) is 7.25. The van der Waals surface area contributed by atoms with Crippen LogP contribution in [-0.2, 0) is 27.8 Å². The zero-order valence-electron chi connectivity index (χ0n) is 12.6. The van der Waals surface area contributed by atoms with E-state index in [1.807, 2.05) is 13.8 Å². The number of methoxy groups -OCH3 is 1. The van der Waals surface area contributed by atoms with Crippen LogP contribution < -0.4 is 0 Å². The van der Waals surface area contributed by atoms with Crippen LogP contribution in [0.5, 0.6) is 0 Å². The van der Waals surface area contributed by atoms with E-state index in [1.165, 1.54) is 0 Å². The van der Waals surface area contributed by atoms with Crippen molar-refractivity contribution in [2.45, 2.75) is 63.3 Å². The van der Waals surface area contributed by atoms with Crippen molar-refractivity contribution in [1.29, 1.82) is 0 Å². The first-order valence-corrected chi connectivity index (χ1v) is 8.34. The van der Waals surface area contributed by atoms with Crippen molar-refractivity contribution >= 4 is 8.25 Å². The molecule has 0 radical (unpaired) electrons. The summed E-state index contributed by atoms with van der Waals surface area (Å²) in [6.45, 7) is 3.85. The summed E-state index contributed by atoms with van der Waals surface area (Å²) in [5, 5.41) is 9.19. The molecule has 2 aliphatic rings. The van der Waals surface area contributed by atoms with Crippen molar-refractivity contribution in [3.05, 3.63) is 0 Å². The molecule has 2 heterocycles. The van der Waals surface area contributed by atoms with Gasteiger partial charge in [0.1, 0.15) is 24.9 Å². The lowest BCUT2D eigenvalue weighted by molar-refractivity contribution is -0.0320. The van der Waals surface area contributed by atoms with E-state index >= 15 is 0 Å². The van der Waals surface area contributed by atoms with Gasteiger partial charge in [0.2, 0.25) is 0 Å². The Kier molecular flexibility index (Phi) is 6.50. The third kappa shape index (κ3) is 4.66. The molecule has 0 aromatic rings. The second kappa shape index (κ2) is 7.92. The molecule has 0 aromatic heterocycles. The first kappa shape index (κ1) is 17.2. The number of ether oxygens (including phenoxy) is 3. The maximum Gasteiger partial charge on any atom is 0.697 e. The van der Waals surface area contributed by atoms with Crippen molar-refractivity contribution in [3.8, 4) is 0 Å². The Bertz CT molecular complexity index is 353. The van der Waals surface area contributed by atoms with Gasteiger partial charge in [-0.15, -0.1) is 9.05 Å². The molecule has 0 saturated carbocycles. The number of aliphatic hydroxyl groups is 1. The summed E-state index contributed by atoms with van der Waals surface area (Å²) in [7, 11) is -0.650. The molecule has 8 heteroatoms. The van der Waals surface area contributed by atoms with Crippen molar-refractivity contribution in [2.24, 2.45) is 0 Å².